The lowest BCUT2D eigenvalue weighted by molar-refractivity contribution is 0.0953. The van der Waals surface area contributed by atoms with Gasteiger partial charge in [-0.2, -0.15) is 5.10 Å². The molecule has 1 aromatic heterocycles. The predicted octanol–water partition coefficient (Wildman–Crippen LogP) is 4.17. The number of benzene rings is 2. The third-order valence-corrected chi connectivity index (χ3v) is 4.73. The number of H-pyrrole nitrogens is 1. The molecule has 2 aromatic carbocycles. The molecule has 0 spiro atoms. The van der Waals surface area contributed by atoms with Gasteiger partial charge < -0.3 is 14.6 Å². The third-order valence-electron chi connectivity index (χ3n) is 4.18. The predicted molar refractivity (Wildman–Crippen MR) is 111 cm³/mol. The molecule has 0 unspecified atom stereocenters. The Hall–Kier alpha value is -2.64. The van der Waals surface area contributed by atoms with E-state index in [9.17, 15) is 4.79 Å². The zero-order chi connectivity index (χ0) is 19.9. The number of carbonyl (C=O) groups is 1. The molecule has 0 atom stereocenters. The fraction of sp³-hybridized carbons (Fsp3) is 0.250. The molecule has 3 rings (SSSR count). The highest BCUT2D eigenvalue weighted by molar-refractivity contribution is 7.71. The molecule has 0 saturated carbocycles. The van der Waals surface area contributed by atoms with E-state index in [2.05, 4.69) is 15.5 Å². The third kappa shape index (κ3) is 5.21. The van der Waals surface area contributed by atoms with Gasteiger partial charge in [-0.1, -0.05) is 29.8 Å². The molecule has 0 aliphatic rings. The summed E-state index contributed by atoms with van der Waals surface area (Å²) in [4.78, 5) is 12.4. The van der Waals surface area contributed by atoms with Crippen molar-refractivity contribution in [1.29, 1.82) is 0 Å². The fourth-order valence-electron chi connectivity index (χ4n) is 2.78. The number of ether oxygens (including phenoxy) is 1. The van der Waals surface area contributed by atoms with E-state index >= 15 is 0 Å². The molecule has 0 aliphatic carbocycles. The van der Waals surface area contributed by atoms with Crippen molar-refractivity contribution in [3.63, 3.8) is 0 Å². The second-order valence-corrected chi connectivity index (χ2v) is 6.96. The maximum atomic E-state index is 12.4. The summed E-state index contributed by atoms with van der Waals surface area (Å²) >= 11 is 11.2. The number of hydrogen-bond donors (Lipinski definition) is 2. The molecule has 2 N–H and O–H groups in total. The number of hydrogen-bond acceptors (Lipinski definition) is 4. The van der Waals surface area contributed by atoms with Crippen molar-refractivity contribution in [2.24, 2.45) is 0 Å². The van der Waals surface area contributed by atoms with Crippen molar-refractivity contribution in [2.45, 2.75) is 26.5 Å². The van der Waals surface area contributed by atoms with Crippen molar-refractivity contribution in [1.82, 2.24) is 20.1 Å². The normalized spacial score (nSPS) is 10.6. The van der Waals surface area contributed by atoms with Crippen LogP contribution in [0, 0.1) is 4.77 Å². The Morgan fingerprint density at radius 3 is 2.89 bits per heavy atom. The van der Waals surface area contributed by atoms with Crippen LogP contribution >= 0.6 is 23.8 Å². The van der Waals surface area contributed by atoms with Crippen LogP contribution in [0.3, 0.4) is 0 Å². The van der Waals surface area contributed by atoms with Gasteiger partial charge >= 0.3 is 0 Å². The maximum absolute atomic E-state index is 12.4. The Balaban J connectivity index is 1.55. The number of carbonyl (C=O) groups excluding carboxylic acids is 1. The first-order valence-corrected chi connectivity index (χ1v) is 9.75. The van der Waals surface area contributed by atoms with Crippen molar-refractivity contribution >= 4 is 29.7 Å². The van der Waals surface area contributed by atoms with Gasteiger partial charge in [-0.3, -0.25) is 9.89 Å². The molecule has 0 fully saturated rings. The van der Waals surface area contributed by atoms with E-state index in [1.54, 1.807) is 18.2 Å². The van der Waals surface area contributed by atoms with Gasteiger partial charge in [0, 0.05) is 30.1 Å². The summed E-state index contributed by atoms with van der Waals surface area (Å²) < 4.78 is 8.28. The molecule has 3 aromatic rings. The van der Waals surface area contributed by atoms with Crippen LogP contribution in [-0.2, 0) is 19.6 Å². The smallest absolute Gasteiger partial charge is 0.251 e. The highest BCUT2D eigenvalue weighted by Gasteiger charge is 2.09. The van der Waals surface area contributed by atoms with Crippen LogP contribution in [0.5, 0.6) is 5.75 Å². The van der Waals surface area contributed by atoms with Gasteiger partial charge in [0.2, 0.25) is 0 Å². The van der Waals surface area contributed by atoms with E-state index in [1.807, 2.05) is 41.8 Å². The number of aromatic nitrogens is 3. The van der Waals surface area contributed by atoms with E-state index < -0.39 is 0 Å². The van der Waals surface area contributed by atoms with E-state index in [0.29, 0.717) is 40.7 Å². The minimum atomic E-state index is -0.162. The van der Waals surface area contributed by atoms with Gasteiger partial charge in [0.05, 0.1) is 0 Å². The van der Waals surface area contributed by atoms with Crippen molar-refractivity contribution in [2.75, 3.05) is 6.54 Å². The maximum Gasteiger partial charge on any atom is 0.251 e. The molecule has 8 heteroatoms. The molecule has 0 bridgehead atoms. The number of aromatic amines is 1. The largest absolute Gasteiger partial charge is 0.489 e. The molecule has 146 valence electrons. The van der Waals surface area contributed by atoms with Crippen LogP contribution in [0.25, 0.3) is 0 Å². The van der Waals surface area contributed by atoms with Crippen LogP contribution < -0.4 is 10.1 Å². The average molecular weight is 417 g/mol. The Morgan fingerprint density at radius 1 is 1.29 bits per heavy atom. The first kappa shape index (κ1) is 20.1. The molecule has 1 heterocycles. The topological polar surface area (TPSA) is 71.9 Å². The van der Waals surface area contributed by atoms with Crippen LogP contribution in [0.2, 0.25) is 5.02 Å². The lowest BCUT2D eigenvalue weighted by atomic mass is 10.2. The minimum absolute atomic E-state index is 0.162. The van der Waals surface area contributed by atoms with Gasteiger partial charge in [-0.05, 0) is 55.0 Å². The van der Waals surface area contributed by atoms with E-state index in [1.165, 1.54) is 0 Å². The summed E-state index contributed by atoms with van der Waals surface area (Å²) in [5.41, 5.74) is 1.50. The second-order valence-electron chi connectivity index (χ2n) is 6.14. The number of rotatable bonds is 8. The number of nitrogens with zero attached hydrogens (tertiary/aromatic N) is 2. The molecule has 0 aliphatic heterocycles. The van der Waals surface area contributed by atoms with Crippen LogP contribution in [0.1, 0.15) is 28.7 Å². The molecule has 28 heavy (non-hydrogen) atoms. The zero-order valence-electron chi connectivity index (χ0n) is 15.4. The van der Waals surface area contributed by atoms with Crippen LogP contribution in [-0.4, -0.2) is 27.2 Å². The van der Waals surface area contributed by atoms with Crippen molar-refractivity contribution < 1.29 is 9.53 Å². The number of halogens is 1. The molecular weight excluding hydrogens is 396 g/mol. The lowest BCUT2D eigenvalue weighted by Gasteiger charge is -2.09. The first-order valence-electron chi connectivity index (χ1n) is 8.96. The van der Waals surface area contributed by atoms with Gasteiger partial charge in [0.25, 0.3) is 5.91 Å². The van der Waals surface area contributed by atoms with Crippen LogP contribution in [0.4, 0.5) is 0 Å². The van der Waals surface area contributed by atoms with Crippen LogP contribution in [0.15, 0.2) is 48.5 Å². The number of amides is 1. The Labute approximate surface area is 173 Å². The van der Waals surface area contributed by atoms with E-state index in [-0.39, 0.29) is 5.91 Å². The Kier molecular flexibility index (Phi) is 6.84. The van der Waals surface area contributed by atoms with Crippen molar-refractivity contribution in [3.05, 3.63) is 75.3 Å². The summed E-state index contributed by atoms with van der Waals surface area (Å²) in [6, 6.07) is 14.6. The first-order chi connectivity index (χ1) is 13.6. The monoisotopic (exact) mass is 416 g/mol. The summed E-state index contributed by atoms with van der Waals surface area (Å²) in [7, 11) is 0. The SMILES string of the molecule is CCn1c(CCNC(=O)c2cccc(OCc3cccc(Cl)c3)c2)n[nH]c1=S. The zero-order valence-corrected chi connectivity index (χ0v) is 17.0. The standard InChI is InChI=1S/C20H21ClN4O2S/c1-2-25-18(23-24-20(25)28)9-10-22-19(26)15-6-4-8-17(12-15)27-13-14-5-3-7-16(21)11-14/h3-8,11-12H,2,9-10,13H2,1H3,(H,22,26)(H,24,28). The molecule has 0 saturated heterocycles. The summed E-state index contributed by atoms with van der Waals surface area (Å²) in [6.45, 7) is 3.59. The van der Waals surface area contributed by atoms with Gasteiger partial charge in [0.1, 0.15) is 18.2 Å². The van der Waals surface area contributed by atoms with Gasteiger partial charge in [-0.25, -0.2) is 0 Å². The highest BCUT2D eigenvalue weighted by Crippen LogP contribution is 2.17. The van der Waals surface area contributed by atoms with Gasteiger partial charge in [0.15, 0.2) is 4.77 Å². The quantitative estimate of drug-likeness (QED) is 0.541. The summed E-state index contributed by atoms with van der Waals surface area (Å²) in [6.07, 6.45) is 0.595. The Morgan fingerprint density at radius 2 is 2.11 bits per heavy atom. The summed E-state index contributed by atoms with van der Waals surface area (Å²) in [5, 5.41) is 10.5. The molecule has 6 nitrogen and oxygen atoms in total. The number of nitrogens with one attached hydrogen (secondary N) is 2. The molecule has 0 radical (unpaired) electrons. The van der Waals surface area contributed by atoms with Crippen molar-refractivity contribution in [3.8, 4) is 5.75 Å². The highest BCUT2D eigenvalue weighted by atomic mass is 35.5. The molecule has 1 amide bonds. The van der Waals surface area contributed by atoms with E-state index in [0.717, 1.165) is 17.9 Å². The minimum Gasteiger partial charge on any atom is -0.489 e. The lowest BCUT2D eigenvalue weighted by Crippen LogP contribution is -2.26. The summed E-state index contributed by atoms with van der Waals surface area (Å²) in [5.74, 6) is 1.29. The van der Waals surface area contributed by atoms with Gasteiger partial charge in [-0.15, -0.1) is 0 Å². The average Bonchev–Trinajstić information content (AvgIpc) is 3.06. The molecular formula is C20H21ClN4O2S. The second kappa shape index (κ2) is 9.52. The Bertz CT molecular complexity index is 1020. The van der Waals surface area contributed by atoms with E-state index in [4.69, 9.17) is 28.6 Å². The fourth-order valence-corrected chi connectivity index (χ4v) is 3.27.